The second-order valence-corrected chi connectivity index (χ2v) is 21.2. The van der Waals surface area contributed by atoms with Crippen molar-refractivity contribution in [2.24, 2.45) is 50.3 Å². The van der Waals surface area contributed by atoms with Crippen LogP contribution in [0.1, 0.15) is 135 Å². The fraction of sp³-hybridized carbons (Fsp3) is 0.667. The standard InChI is InChI=1S/C54H91N17O11/c1-4-13-36-46(76)68-40(30-34-20-22-35(72)23-21-34)48(78)69-41(31-55)49(79)67-39(24-19-33(2)3)51(81)70(32-43(56)73)28-8-6-5-7-25-61-44(74)17-9-18-45(75)64-38(15-11-27-63-54(59)60)52(82)71-29-12-16-42(71)50(80)66-37(47(77)65-36)14-10-26-62-53(57)58/h20-23,33,36-42,72H,4-19,24-32,55H2,1-3H3,(H2,56,73)(H,61,74)(H,64,75)(H,65,77)(H,66,80)(H,67,79)(H,68,76)(H,69,78)(H4,57,58,62)(H4,59,60,63)/t36-,37-,38-,39-,40-,41-,42-/m0/s1. The third-order valence-corrected chi connectivity index (χ3v) is 13.9. The Bertz CT molecular complexity index is 2350. The van der Waals surface area contributed by atoms with Crippen molar-refractivity contribution in [3.8, 4) is 5.75 Å². The summed E-state index contributed by atoms with van der Waals surface area (Å²) in [5, 5.41) is 29.2. The minimum atomic E-state index is -1.44. The van der Waals surface area contributed by atoms with Gasteiger partial charge in [0.2, 0.25) is 59.1 Å². The van der Waals surface area contributed by atoms with Crippen molar-refractivity contribution in [3.05, 3.63) is 29.8 Å². The van der Waals surface area contributed by atoms with Gasteiger partial charge in [-0.2, -0.15) is 0 Å². The molecule has 0 saturated carbocycles. The number of rotatable bonds is 18. The number of nitrogens with two attached hydrogens (primary N) is 6. The molecule has 28 nitrogen and oxygen atoms in total. The van der Waals surface area contributed by atoms with E-state index in [-0.39, 0.29) is 126 Å². The van der Waals surface area contributed by atoms with Gasteiger partial charge in [0.25, 0.3) is 0 Å². The summed E-state index contributed by atoms with van der Waals surface area (Å²) in [6, 6.07) is -2.95. The summed E-state index contributed by atoms with van der Waals surface area (Å²) in [5.41, 5.74) is 34.4. The Kier molecular flexibility index (Phi) is 30.5. The number of nitrogens with zero attached hydrogens (tertiary/aromatic N) is 4. The molecular weight excluding hydrogens is 1060 g/mol. The number of primary amides is 1. The number of hydrogen-bond donors (Lipinski definition) is 14. The van der Waals surface area contributed by atoms with Gasteiger partial charge in [0.05, 0.1) is 6.54 Å². The van der Waals surface area contributed by atoms with Crippen molar-refractivity contribution in [3.63, 3.8) is 0 Å². The number of aliphatic imine (C=N–C) groups is 2. The molecule has 7 atom stereocenters. The van der Waals surface area contributed by atoms with Crippen molar-refractivity contribution < 1.29 is 53.1 Å². The van der Waals surface area contributed by atoms with Crippen molar-refractivity contribution >= 4 is 71.0 Å². The maximum atomic E-state index is 14.4. The second-order valence-electron chi connectivity index (χ2n) is 21.2. The zero-order valence-corrected chi connectivity index (χ0v) is 47.9. The SMILES string of the molecule is CCC[C@@H]1NC(=O)[C@H](CCCN=C(N)N)NC(=O)[C@@H]2CCCN2C(=O)[C@H](CCCN=C(N)N)NC(=O)CCCC(=O)NCCCCCCN(CC(N)=O)C(=O)[C@H](CCC(C)C)NC(=O)[C@H](CN)NC(=O)[C@H](Cc2ccc(O)cc2)NC1=O. The molecule has 2 aliphatic rings. The number of phenols is 1. The van der Waals surface area contributed by atoms with E-state index in [4.69, 9.17) is 34.4 Å². The minimum absolute atomic E-state index is 0.0219. The van der Waals surface area contributed by atoms with Gasteiger partial charge in [-0.1, -0.05) is 52.2 Å². The lowest BCUT2D eigenvalue weighted by Gasteiger charge is -2.30. The van der Waals surface area contributed by atoms with Crippen LogP contribution < -0.4 is 71.6 Å². The van der Waals surface area contributed by atoms with Crippen LogP contribution in [-0.4, -0.2) is 174 Å². The molecular formula is C54H91N17O11. The van der Waals surface area contributed by atoms with Crippen molar-refractivity contribution in [1.29, 1.82) is 0 Å². The summed E-state index contributed by atoms with van der Waals surface area (Å²) in [6.07, 6.45) is 4.45. The molecule has 2 aliphatic heterocycles. The highest BCUT2D eigenvalue weighted by molar-refractivity contribution is 5.98. The van der Waals surface area contributed by atoms with Crippen LogP contribution in [0.25, 0.3) is 0 Å². The van der Waals surface area contributed by atoms with Crippen LogP contribution in [0.3, 0.4) is 0 Å². The van der Waals surface area contributed by atoms with Gasteiger partial charge in [0.15, 0.2) is 11.9 Å². The van der Waals surface area contributed by atoms with E-state index < -0.39 is 109 Å². The first-order valence-electron chi connectivity index (χ1n) is 28.6. The number of carbonyl (C=O) groups excluding carboxylic acids is 10. The lowest BCUT2D eigenvalue weighted by molar-refractivity contribution is -0.142. The van der Waals surface area contributed by atoms with Crippen molar-refractivity contribution in [2.45, 2.75) is 179 Å². The lowest BCUT2D eigenvalue weighted by Crippen LogP contribution is -2.61. The Hall–Kier alpha value is -7.78. The number of fused-ring (bicyclic) bond motifs is 1. The van der Waals surface area contributed by atoms with Crippen LogP contribution >= 0.6 is 0 Å². The number of phenolic OH excluding ortho intramolecular Hbond substituents is 1. The third-order valence-electron chi connectivity index (χ3n) is 13.9. The van der Waals surface area contributed by atoms with Gasteiger partial charge in [-0.05, 0) is 101 Å². The molecule has 0 bridgehead atoms. The van der Waals surface area contributed by atoms with Gasteiger partial charge in [0, 0.05) is 58.5 Å². The predicted molar refractivity (Wildman–Crippen MR) is 307 cm³/mol. The number of carbonyl (C=O) groups is 10. The van der Waals surface area contributed by atoms with E-state index in [1.165, 1.54) is 34.1 Å². The molecule has 10 amide bonds. The maximum Gasteiger partial charge on any atom is 0.245 e. The second kappa shape index (κ2) is 36.5. The van der Waals surface area contributed by atoms with Crippen LogP contribution in [0.2, 0.25) is 0 Å². The maximum absolute atomic E-state index is 14.4. The lowest BCUT2D eigenvalue weighted by atomic mass is 10.0. The first-order valence-corrected chi connectivity index (χ1v) is 28.6. The Morgan fingerprint density at radius 1 is 0.610 bits per heavy atom. The molecule has 82 heavy (non-hydrogen) atoms. The summed E-state index contributed by atoms with van der Waals surface area (Å²) < 4.78 is 0. The summed E-state index contributed by atoms with van der Waals surface area (Å²) in [6.45, 7) is 5.59. The number of hydrogen-bond acceptors (Lipinski definition) is 14. The molecule has 2 saturated heterocycles. The molecule has 0 radical (unpaired) electrons. The van der Waals surface area contributed by atoms with E-state index in [1.54, 1.807) is 6.92 Å². The van der Waals surface area contributed by atoms with Crippen LogP contribution in [0.4, 0.5) is 0 Å². The van der Waals surface area contributed by atoms with Crippen molar-refractivity contribution in [2.75, 3.05) is 45.8 Å². The number of aromatic hydroxyl groups is 1. The molecule has 2 fully saturated rings. The average molecular weight is 1150 g/mol. The van der Waals surface area contributed by atoms with Gasteiger partial charge in [-0.25, -0.2) is 0 Å². The van der Waals surface area contributed by atoms with E-state index >= 15 is 0 Å². The largest absolute Gasteiger partial charge is 0.508 e. The molecule has 0 spiro atoms. The number of guanidine groups is 2. The number of nitrogens with one attached hydrogen (secondary N) is 7. The Morgan fingerprint density at radius 2 is 1.15 bits per heavy atom. The molecule has 0 aromatic heterocycles. The first kappa shape index (κ1) is 68.5. The monoisotopic (exact) mass is 1150 g/mol. The van der Waals surface area contributed by atoms with Crippen LogP contribution in [-0.2, 0) is 54.4 Å². The topological polar surface area (TPSA) is 462 Å². The van der Waals surface area contributed by atoms with Gasteiger partial charge >= 0.3 is 0 Å². The quantitative estimate of drug-likeness (QED) is 0.0404. The van der Waals surface area contributed by atoms with E-state index in [0.29, 0.717) is 57.1 Å². The molecule has 458 valence electrons. The number of benzene rings is 1. The molecule has 0 unspecified atom stereocenters. The average Bonchev–Trinajstić information content (AvgIpc) is 3.93. The molecule has 2 heterocycles. The van der Waals surface area contributed by atoms with Crippen LogP contribution in [0.15, 0.2) is 34.3 Å². The highest BCUT2D eigenvalue weighted by Gasteiger charge is 2.40. The minimum Gasteiger partial charge on any atom is -0.508 e. The van der Waals surface area contributed by atoms with Gasteiger partial charge in [0.1, 0.15) is 48.0 Å². The normalized spacial score (nSPS) is 23.4. The Labute approximate surface area is 480 Å². The van der Waals surface area contributed by atoms with Gasteiger partial charge < -0.3 is 86.5 Å². The van der Waals surface area contributed by atoms with E-state index in [9.17, 15) is 53.1 Å². The summed E-state index contributed by atoms with van der Waals surface area (Å²) in [5.74, 6) is -6.96. The van der Waals surface area contributed by atoms with Crippen LogP contribution in [0.5, 0.6) is 5.75 Å². The van der Waals surface area contributed by atoms with Crippen LogP contribution in [0, 0.1) is 5.92 Å². The molecule has 1 aromatic carbocycles. The molecule has 3 rings (SSSR count). The third kappa shape index (κ3) is 25.3. The summed E-state index contributed by atoms with van der Waals surface area (Å²) in [7, 11) is 0. The van der Waals surface area contributed by atoms with Gasteiger partial charge in [-0.15, -0.1) is 0 Å². The summed E-state index contributed by atoms with van der Waals surface area (Å²) in [4.78, 5) is 149. The first-order chi connectivity index (χ1) is 39.0. The fourth-order valence-electron chi connectivity index (χ4n) is 9.47. The molecule has 1 aromatic rings. The zero-order valence-electron chi connectivity index (χ0n) is 47.9. The smallest absolute Gasteiger partial charge is 0.245 e. The van der Waals surface area contributed by atoms with E-state index in [2.05, 4.69) is 47.2 Å². The highest BCUT2D eigenvalue weighted by atomic mass is 16.3. The Balaban J connectivity index is 2.06. The van der Waals surface area contributed by atoms with E-state index in [0.717, 1.165) is 0 Å². The Morgan fingerprint density at radius 3 is 1.76 bits per heavy atom. The molecule has 28 heteroatoms. The summed E-state index contributed by atoms with van der Waals surface area (Å²) >= 11 is 0. The zero-order chi connectivity index (χ0) is 60.7. The van der Waals surface area contributed by atoms with E-state index in [1.807, 2.05) is 13.8 Å². The van der Waals surface area contributed by atoms with Gasteiger partial charge in [-0.3, -0.25) is 57.9 Å². The van der Waals surface area contributed by atoms with Crippen molar-refractivity contribution in [1.82, 2.24) is 47.0 Å². The molecule has 20 N–H and O–H groups in total. The highest BCUT2D eigenvalue weighted by Crippen LogP contribution is 2.21. The number of amides is 10. The predicted octanol–water partition coefficient (Wildman–Crippen LogP) is -2.69. The molecule has 0 aliphatic carbocycles. The fourth-order valence-corrected chi connectivity index (χ4v) is 9.47.